The van der Waals surface area contributed by atoms with E-state index in [4.69, 9.17) is 0 Å². The molecule has 6 aromatic rings. The van der Waals surface area contributed by atoms with Gasteiger partial charge >= 0.3 is 18.5 Å². The van der Waals surface area contributed by atoms with Crippen LogP contribution in [0.15, 0.2) is 69.4 Å². The smallest absolute Gasteiger partial charge is 0.172 e. The minimum absolute atomic E-state index is 0.0793. The summed E-state index contributed by atoms with van der Waals surface area (Å²) in [5.41, 5.74) is -0.372. The molecule has 0 N–H and O–H groups in total. The van der Waals surface area contributed by atoms with E-state index in [0.29, 0.717) is 71.4 Å². The van der Waals surface area contributed by atoms with Crippen LogP contribution in [0.5, 0.6) is 0 Å². The lowest BCUT2D eigenvalue weighted by atomic mass is 10.0. The number of fused-ring (bicyclic) bond motifs is 2. The Kier molecular flexibility index (Phi) is 7.46. The van der Waals surface area contributed by atoms with Crippen LogP contribution < -0.4 is 0 Å². The Morgan fingerprint density at radius 2 is 0.915 bits per heavy atom. The molecule has 240 valence electrons. The van der Waals surface area contributed by atoms with Crippen molar-refractivity contribution in [3.05, 3.63) is 82.9 Å². The van der Waals surface area contributed by atoms with Gasteiger partial charge in [-0.25, -0.2) is 0 Å². The second kappa shape index (κ2) is 11.1. The van der Waals surface area contributed by atoms with Crippen LogP contribution in [0.1, 0.15) is 22.3 Å². The Bertz CT molecular complexity index is 2250. The van der Waals surface area contributed by atoms with E-state index < -0.39 is 35.2 Å². The number of halogens is 9. The predicted octanol–water partition coefficient (Wildman–Crippen LogP) is 12.6. The Morgan fingerprint density at radius 1 is 0.511 bits per heavy atom. The zero-order valence-electron chi connectivity index (χ0n) is 23.1. The SMILES string of the molecule is Cc1cc(-c2ccc(-c3c4c(c(-c5ccc(-c6cc(C(F)(F)F)cc(C(F)(F)F)c6)s5)c5nsnc35)N=S=N4)s2)cc(C(F)(F)F)c1. The van der Waals surface area contributed by atoms with Gasteiger partial charge < -0.3 is 0 Å². The van der Waals surface area contributed by atoms with Crippen LogP contribution in [-0.4, -0.2) is 8.75 Å². The summed E-state index contributed by atoms with van der Waals surface area (Å²) in [5.74, 6) is 0. The fraction of sp³-hybridized carbons (Fsp3) is 0.133. The summed E-state index contributed by atoms with van der Waals surface area (Å²) in [6, 6.07) is 11.7. The Balaban J connectivity index is 1.34. The molecule has 0 amide bonds. The molecule has 3 aromatic heterocycles. The van der Waals surface area contributed by atoms with Crippen molar-refractivity contribution in [1.82, 2.24) is 8.75 Å². The van der Waals surface area contributed by atoms with Crippen molar-refractivity contribution in [1.29, 1.82) is 0 Å². The number of aromatic nitrogens is 2. The molecule has 0 saturated carbocycles. The van der Waals surface area contributed by atoms with Crippen LogP contribution in [0.25, 0.3) is 52.8 Å². The lowest BCUT2D eigenvalue weighted by Gasteiger charge is -2.13. The Morgan fingerprint density at radius 3 is 1.36 bits per heavy atom. The van der Waals surface area contributed by atoms with Crippen LogP contribution in [0.3, 0.4) is 0 Å². The third-order valence-corrected chi connectivity index (χ3v) is 10.6. The molecule has 0 bridgehead atoms. The molecule has 4 heterocycles. The third-order valence-electron chi connectivity index (χ3n) is 7.19. The van der Waals surface area contributed by atoms with Crippen LogP contribution in [-0.2, 0) is 29.9 Å². The summed E-state index contributed by atoms with van der Waals surface area (Å²) in [7, 11) is 0. The molecule has 47 heavy (non-hydrogen) atoms. The normalized spacial score (nSPS) is 13.4. The van der Waals surface area contributed by atoms with Crippen molar-refractivity contribution in [2.45, 2.75) is 25.5 Å². The number of aryl methyl sites for hydroxylation is 1. The highest BCUT2D eigenvalue weighted by Gasteiger charge is 2.37. The number of alkyl halides is 9. The molecule has 0 spiro atoms. The molecular weight excluding hydrogens is 716 g/mol. The average molecular weight is 729 g/mol. The van der Waals surface area contributed by atoms with E-state index in [9.17, 15) is 39.5 Å². The number of thiophene rings is 2. The van der Waals surface area contributed by atoms with E-state index in [1.165, 1.54) is 17.4 Å². The second-order valence-electron chi connectivity index (χ2n) is 10.4. The molecule has 17 heteroatoms. The van der Waals surface area contributed by atoms with Gasteiger partial charge in [-0.2, -0.15) is 57.0 Å². The Hall–Kier alpha value is -3.93. The second-order valence-corrected chi connectivity index (χ2v) is 13.6. The van der Waals surface area contributed by atoms with Gasteiger partial charge in [0.05, 0.1) is 39.8 Å². The minimum Gasteiger partial charge on any atom is -0.172 e. The van der Waals surface area contributed by atoms with Crippen LogP contribution in [0, 0.1) is 6.92 Å². The largest absolute Gasteiger partial charge is 0.416 e. The van der Waals surface area contributed by atoms with Crippen molar-refractivity contribution in [3.63, 3.8) is 0 Å². The van der Waals surface area contributed by atoms with Crippen molar-refractivity contribution in [2.75, 3.05) is 0 Å². The van der Waals surface area contributed by atoms with Crippen molar-refractivity contribution >= 4 is 68.2 Å². The number of hydrogen-bond donors (Lipinski definition) is 0. The summed E-state index contributed by atoms with van der Waals surface area (Å²) in [4.78, 5) is 1.85. The van der Waals surface area contributed by atoms with Gasteiger partial charge in [-0.3, -0.25) is 0 Å². The fourth-order valence-electron chi connectivity index (χ4n) is 5.17. The van der Waals surface area contributed by atoms with E-state index in [1.807, 2.05) is 0 Å². The predicted molar refractivity (Wildman–Crippen MR) is 166 cm³/mol. The van der Waals surface area contributed by atoms with Crippen LogP contribution in [0.2, 0.25) is 0 Å². The zero-order valence-corrected chi connectivity index (χ0v) is 26.4. The summed E-state index contributed by atoms with van der Waals surface area (Å²) >= 11 is 3.99. The lowest BCUT2D eigenvalue weighted by molar-refractivity contribution is -0.143. The van der Waals surface area contributed by atoms with Gasteiger partial charge in [0.25, 0.3) is 0 Å². The molecule has 0 fully saturated rings. The molecule has 7 rings (SSSR count). The molecular formula is C30H13F9N4S4. The first-order chi connectivity index (χ1) is 22.1. The molecule has 1 aliphatic rings. The number of benzene rings is 3. The molecule has 4 nitrogen and oxygen atoms in total. The summed E-state index contributed by atoms with van der Waals surface area (Å²) < 4.78 is 140. The van der Waals surface area contributed by atoms with Gasteiger partial charge in [0.2, 0.25) is 0 Å². The monoisotopic (exact) mass is 728 g/mol. The Labute approximate surface area is 274 Å². The van der Waals surface area contributed by atoms with E-state index >= 15 is 0 Å². The highest BCUT2D eigenvalue weighted by atomic mass is 32.1. The van der Waals surface area contributed by atoms with Crippen LogP contribution >= 0.6 is 34.4 Å². The lowest BCUT2D eigenvalue weighted by Crippen LogP contribution is -2.10. The maximum atomic E-state index is 13.5. The topological polar surface area (TPSA) is 50.5 Å². The highest BCUT2D eigenvalue weighted by molar-refractivity contribution is 7.58. The van der Waals surface area contributed by atoms with Crippen molar-refractivity contribution < 1.29 is 39.5 Å². The first kappa shape index (κ1) is 31.7. The number of hydrogen-bond acceptors (Lipinski definition) is 7. The van der Waals surface area contributed by atoms with E-state index in [0.717, 1.165) is 46.6 Å². The molecule has 0 aliphatic carbocycles. The van der Waals surface area contributed by atoms with E-state index in [1.54, 1.807) is 31.2 Å². The van der Waals surface area contributed by atoms with Crippen molar-refractivity contribution in [3.8, 4) is 41.8 Å². The van der Waals surface area contributed by atoms with Gasteiger partial charge in [-0.05, 0) is 78.2 Å². The molecule has 0 atom stereocenters. The molecule has 0 saturated heterocycles. The van der Waals surface area contributed by atoms with Crippen molar-refractivity contribution in [2.24, 2.45) is 8.73 Å². The molecule has 0 radical (unpaired) electrons. The maximum absolute atomic E-state index is 13.5. The summed E-state index contributed by atoms with van der Waals surface area (Å²) in [5, 5.41) is 0. The highest BCUT2D eigenvalue weighted by Crippen LogP contribution is 2.55. The first-order valence-corrected chi connectivity index (χ1v) is 16.3. The maximum Gasteiger partial charge on any atom is 0.416 e. The van der Waals surface area contributed by atoms with E-state index in [-0.39, 0.29) is 16.5 Å². The summed E-state index contributed by atoms with van der Waals surface area (Å²) in [6.45, 7) is 1.58. The zero-order chi connectivity index (χ0) is 33.5. The molecule has 3 aromatic carbocycles. The average Bonchev–Trinajstić information content (AvgIpc) is 3.81. The van der Waals surface area contributed by atoms with Gasteiger partial charge in [-0.15, -0.1) is 22.7 Å². The minimum atomic E-state index is -5.00. The quantitative estimate of drug-likeness (QED) is 0.169. The molecule has 1 aliphatic heterocycles. The summed E-state index contributed by atoms with van der Waals surface area (Å²) in [6.07, 6.45) is -14.5. The van der Waals surface area contributed by atoms with Crippen LogP contribution in [0.4, 0.5) is 50.9 Å². The fourth-order valence-corrected chi connectivity index (χ4v) is 8.36. The molecule has 0 unspecified atom stereocenters. The van der Waals surface area contributed by atoms with E-state index in [2.05, 4.69) is 17.5 Å². The standard InChI is InChI=1S/C30H13F9N4S4/c1-12-6-13(8-15(7-12)28(31,32)33)18-2-4-20(44-18)22-24-26(42-46-40-24)23(27-25(22)41-47-43-27)21-5-3-19(45-21)14-9-16(29(34,35)36)11-17(10-14)30(37,38)39/h2-11H,1H3. The van der Waals surface area contributed by atoms with Gasteiger partial charge in [0.15, 0.2) is 0 Å². The van der Waals surface area contributed by atoms with Gasteiger partial charge in [0.1, 0.15) is 22.4 Å². The number of rotatable bonds is 4. The van der Waals surface area contributed by atoms with Gasteiger partial charge in [-0.1, -0.05) is 6.07 Å². The third kappa shape index (κ3) is 5.78. The first-order valence-electron chi connectivity index (χ1n) is 13.2. The number of nitrogens with zero attached hydrogens (tertiary/aromatic N) is 4. The van der Waals surface area contributed by atoms with Gasteiger partial charge in [0, 0.05) is 30.6 Å².